The standard InChI is InChI=1S/C19H24N2O3S/c1-12(2)21(13(3)4)19(23)14(5)24-18(22)11-10-17-20-15-8-6-7-9-16(15)25-17/h6-14H,1-5H3/b11-10+/t14-/m0/s1. The highest BCUT2D eigenvalue weighted by Crippen LogP contribution is 2.22. The molecule has 0 N–H and O–H groups in total. The minimum absolute atomic E-state index is 0.0481. The molecule has 134 valence electrons. The lowest BCUT2D eigenvalue weighted by atomic mass is 10.2. The molecule has 0 spiro atoms. The molecule has 1 atom stereocenters. The summed E-state index contributed by atoms with van der Waals surface area (Å²) in [4.78, 5) is 30.6. The van der Waals surface area contributed by atoms with Crippen LogP contribution in [0, 0.1) is 0 Å². The first-order valence-corrected chi connectivity index (χ1v) is 9.17. The summed E-state index contributed by atoms with van der Waals surface area (Å²) in [6.07, 6.45) is 2.11. The largest absolute Gasteiger partial charge is 0.449 e. The SMILES string of the molecule is CC(C)N(C(=O)[C@H](C)OC(=O)/C=C/c1nc2ccccc2s1)C(C)C. The summed E-state index contributed by atoms with van der Waals surface area (Å²) in [6, 6.07) is 7.88. The second-order valence-corrected chi connectivity index (χ2v) is 7.43. The van der Waals surface area contributed by atoms with Crippen molar-refractivity contribution >= 4 is 39.5 Å². The van der Waals surface area contributed by atoms with Gasteiger partial charge in [0.1, 0.15) is 5.01 Å². The average molecular weight is 360 g/mol. The highest BCUT2D eigenvalue weighted by atomic mass is 32.1. The summed E-state index contributed by atoms with van der Waals surface area (Å²) in [6.45, 7) is 9.38. The van der Waals surface area contributed by atoms with Crippen molar-refractivity contribution < 1.29 is 14.3 Å². The number of rotatable bonds is 6. The van der Waals surface area contributed by atoms with Crippen LogP contribution in [0.25, 0.3) is 16.3 Å². The highest BCUT2D eigenvalue weighted by molar-refractivity contribution is 7.19. The molecule has 25 heavy (non-hydrogen) atoms. The molecule has 2 aromatic rings. The molecule has 0 bridgehead atoms. The molecule has 0 unspecified atom stereocenters. The summed E-state index contributed by atoms with van der Waals surface area (Å²) in [5.74, 6) is -0.737. The van der Waals surface area contributed by atoms with Gasteiger partial charge >= 0.3 is 5.97 Å². The lowest BCUT2D eigenvalue weighted by Crippen LogP contribution is -2.47. The van der Waals surface area contributed by atoms with Gasteiger partial charge in [0.25, 0.3) is 5.91 Å². The summed E-state index contributed by atoms with van der Waals surface area (Å²) in [5, 5.41) is 0.725. The van der Waals surface area contributed by atoms with Gasteiger partial charge in [-0.3, -0.25) is 4.79 Å². The van der Waals surface area contributed by atoms with E-state index in [9.17, 15) is 9.59 Å². The van der Waals surface area contributed by atoms with Crippen LogP contribution in [-0.4, -0.2) is 39.9 Å². The maximum Gasteiger partial charge on any atom is 0.331 e. The molecule has 0 saturated heterocycles. The summed E-state index contributed by atoms with van der Waals surface area (Å²) < 4.78 is 6.31. The van der Waals surface area contributed by atoms with Gasteiger partial charge in [-0.15, -0.1) is 11.3 Å². The Morgan fingerprint density at radius 1 is 1.12 bits per heavy atom. The van der Waals surface area contributed by atoms with Crippen molar-refractivity contribution in [2.75, 3.05) is 0 Å². The Labute approximate surface area is 152 Å². The number of amides is 1. The van der Waals surface area contributed by atoms with E-state index >= 15 is 0 Å². The zero-order chi connectivity index (χ0) is 18.6. The van der Waals surface area contributed by atoms with E-state index in [1.54, 1.807) is 17.9 Å². The number of esters is 1. The zero-order valence-electron chi connectivity index (χ0n) is 15.2. The van der Waals surface area contributed by atoms with Crippen LogP contribution in [0.4, 0.5) is 0 Å². The van der Waals surface area contributed by atoms with Gasteiger partial charge in [-0.05, 0) is 52.8 Å². The minimum atomic E-state index is -0.822. The number of hydrogen-bond acceptors (Lipinski definition) is 5. The van der Waals surface area contributed by atoms with Crippen LogP contribution < -0.4 is 0 Å². The van der Waals surface area contributed by atoms with Crippen LogP contribution in [-0.2, 0) is 14.3 Å². The van der Waals surface area contributed by atoms with E-state index in [-0.39, 0.29) is 18.0 Å². The van der Waals surface area contributed by atoms with E-state index in [1.807, 2.05) is 52.0 Å². The van der Waals surface area contributed by atoms with Crippen LogP contribution in [0.15, 0.2) is 30.3 Å². The van der Waals surface area contributed by atoms with E-state index in [0.29, 0.717) is 0 Å². The molecule has 1 amide bonds. The Bertz CT molecular complexity index is 739. The Morgan fingerprint density at radius 3 is 2.36 bits per heavy atom. The molecule has 1 heterocycles. The number of benzene rings is 1. The van der Waals surface area contributed by atoms with Crippen molar-refractivity contribution in [2.45, 2.75) is 52.8 Å². The lowest BCUT2D eigenvalue weighted by molar-refractivity contribution is -0.157. The smallest absolute Gasteiger partial charge is 0.331 e. The number of thiazole rings is 1. The van der Waals surface area contributed by atoms with Gasteiger partial charge in [-0.1, -0.05) is 12.1 Å². The fourth-order valence-corrected chi connectivity index (χ4v) is 3.55. The van der Waals surface area contributed by atoms with E-state index in [1.165, 1.54) is 17.4 Å². The van der Waals surface area contributed by atoms with Gasteiger partial charge in [0.15, 0.2) is 6.10 Å². The van der Waals surface area contributed by atoms with Gasteiger partial charge in [0.2, 0.25) is 0 Å². The first-order valence-electron chi connectivity index (χ1n) is 8.36. The molecule has 0 aliphatic heterocycles. The van der Waals surface area contributed by atoms with E-state index in [4.69, 9.17) is 4.74 Å². The third-order valence-electron chi connectivity index (χ3n) is 3.68. The first-order chi connectivity index (χ1) is 11.8. The average Bonchev–Trinajstić information content (AvgIpc) is 2.95. The Kier molecular flexibility index (Phi) is 6.31. The van der Waals surface area contributed by atoms with Crippen molar-refractivity contribution in [3.63, 3.8) is 0 Å². The second kappa shape index (κ2) is 8.25. The monoisotopic (exact) mass is 360 g/mol. The molecule has 0 fully saturated rings. The van der Waals surface area contributed by atoms with Crippen molar-refractivity contribution in [1.82, 2.24) is 9.88 Å². The molecule has 0 aliphatic carbocycles. The fourth-order valence-electron chi connectivity index (χ4n) is 2.68. The molecular weight excluding hydrogens is 336 g/mol. The second-order valence-electron chi connectivity index (χ2n) is 6.37. The van der Waals surface area contributed by atoms with Gasteiger partial charge in [-0.2, -0.15) is 0 Å². The number of nitrogens with zero attached hydrogens (tertiary/aromatic N) is 2. The lowest BCUT2D eigenvalue weighted by Gasteiger charge is -2.32. The summed E-state index contributed by atoms with van der Waals surface area (Å²) in [7, 11) is 0. The predicted octanol–water partition coefficient (Wildman–Crippen LogP) is 3.89. The fraction of sp³-hybridized carbons (Fsp3) is 0.421. The van der Waals surface area contributed by atoms with Crippen molar-refractivity contribution in [3.05, 3.63) is 35.3 Å². The molecule has 1 aromatic heterocycles. The molecule has 2 rings (SSSR count). The van der Waals surface area contributed by atoms with Gasteiger partial charge in [0.05, 0.1) is 10.2 Å². The third kappa shape index (κ3) is 4.89. The number of ether oxygens (including phenoxy) is 1. The molecule has 0 aliphatic rings. The van der Waals surface area contributed by atoms with Gasteiger partial charge in [0, 0.05) is 18.2 Å². The van der Waals surface area contributed by atoms with Crippen LogP contribution in [0.2, 0.25) is 0 Å². The molecular formula is C19H24N2O3S. The topological polar surface area (TPSA) is 59.5 Å². The minimum Gasteiger partial charge on any atom is -0.449 e. The number of carbonyl (C=O) groups is 2. The van der Waals surface area contributed by atoms with Crippen molar-refractivity contribution in [3.8, 4) is 0 Å². The maximum absolute atomic E-state index is 12.5. The van der Waals surface area contributed by atoms with E-state index in [2.05, 4.69) is 4.98 Å². The first kappa shape index (κ1) is 19.1. The van der Waals surface area contributed by atoms with E-state index in [0.717, 1.165) is 15.2 Å². The van der Waals surface area contributed by atoms with Crippen molar-refractivity contribution in [2.24, 2.45) is 0 Å². The number of aromatic nitrogens is 1. The van der Waals surface area contributed by atoms with Gasteiger partial charge in [-0.25, -0.2) is 9.78 Å². The van der Waals surface area contributed by atoms with Crippen LogP contribution in [0.5, 0.6) is 0 Å². The third-order valence-corrected chi connectivity index (χ3v) is 4.68. The Balaban J connectivity index is 1.99. The molecule has 0 radical (unpaired) electrons. The van der Waals surface area contributed by atoms with Gasteiger partial charge < -0.3 is 9.64 Å². The molecule has 5 nitrogen and oxygen atoms in total. The number of carbonyl (C=O) groups excluding carboxylic acids is 2. The summed E-state index contributed by atoms with van der Waals surface area (Å²) in [5.41, 5.74) is 0.897. The Morgan fingerprint density at radius 2 is 1.76 bits per heavy atom. The number of para-hydroxylation sites is 1. The summed E-state index contributed by atoms with van der Waals surface area (Å²) >= 11 is 1.50. The molecule has 1 aromatic carbocycles. The quantitative estimate of drug-likeness (QED) is 0.579. The van der Waals surface area contributed by atoms with Crippen molar-refractivity contribution in [1.29, 1.82) is 0 Å². The molecule has 0 saturated carbocycles. The zero-order valence-corrected chi connectivity index (χ0v) is 16.0. The normalized spacial score (nSPS) is 12.9. The number of fused-ring (bicyclic) bond motifs is 1. The highest BCUT2D eigenvalue weighted by Gasteiger charge is 2.27. The maximum atomic E-state index is 12.5. The van der Waals surface area contributed by atoms with E-state index < -0.39 is 12.1 Å². The van der Waals surface area contributed by atoms with Crippen LogP contribution in [0.3, 0.4) is 0 Å². The number of hydrogen-bond donors (Lipinski definition) is 0. The van der Waals surface area contributed by atoms with Crippen LogP contribution >= 0.6 is 11.3 Å². The molecule has 6 heteroatoms. The Hall–Kier alpha value is -2.21. The van der Waals surface area contributed by atoms with Crippen LogP contribution in [0.1, 0.15) is 39.6 Å². The predicted molar refractivity (Wildman–Crippen MR) is 101 cm³/mol.